The number of hydrogen-bond donors (Lipinski definition) is 2. The normalized spacial score (nSPS) is 16.6. The van der Waals surface area contributed by atoms with Crippen LogP contribution in [0.15, 0.2) is 42.5 Å². The van der Waals surface area contributed by atoms with E-state index < -0.39 is 6.10 Å². The largest absolute Gasteiger partial charge is 0.392 e. The Balaban J connectivity index is 1.81. The van der Waals surface area contributed by atoms with Gasteiger partial charge in [-0.25, -0.2) is 0 Å². The topological polar surface area (TPSA) is 48.6 Å². The zero-order chi connectivity index (χ0) is 19.7. The van der Waals surface area contributed by atoms with E-state index in [1.807, 2.05) is 18.2 Å². The summed E-state index contributed by atoms with van der Waals surface area (Å²) < 4.78 is 2.21. The standard InChI is InChI=1S/C24H30N2O2/c1-17-6-9-20(10-7-17)26-18(2)24(21-11-8-19(16-27)14-22(21)26)23(28)15-25-12-4-3-5-13-25/h6-11,14,23,27-28H,3-5,12-13,15-16H2,1-2H3. The Morgan fingerprint density at radius 2 is 1.68 bits per heavy atom. The Kier molecular flexibility index (Phi) is 5.54. The van der Waals surface area contributed by atoms with E-state index in [1.165, 1.54) is 24.8 Å². The number of aliphatic hydroxyl groups is 2. The molecule has 1 aliphatic heterocycles. The second-order valence-electron chi connectivity index (χ2n) is 8.06. The third-order valence-electron chi connectivity index (χ3n) is 6.01. The van der Waals surface area contributed by atoms with Gasteiger partial charge < -0.3 is 19.7 Å². The number of fused-ring (bicyclic) bond motifs is 1. The molecule has 4 heteroatoms. The van der Waals surface area contributed by atoms with Crippen LogP contribution in [0, 0.1) is 13.8 Å². The van der Waals surface area contributed by atoms with E-state index in [0.29, 0.717) is 6.54 Å². The SMILES string of the molecule is Cc1ccc(-n2c(C)c(C(O)CN3CCCCC3)c3ccc(CO)cc32)cc1. The molecule has 1 atom stereocenters. The average molecular weight is 379 g/mol. The zero-order valence-electron chi connectivity index (χ0n) is 16.9. The van der Waals surface area contributed by atoms with Crippen molar-refractivity contribution >= 4 is 10.9 Å². The lowest BCUT2D eigenvalue weighted by molar-refractivity contribution is 0.102. The predicted molar refractivity (Wildman–Crippen MR) is 114 cm³/mol. The first-order valence-corrected chi connectivity index (χ1v) is 10.3. The van der Waals surface area contributed by atoms with E-state index in [-0.39, 0.29) is 6.61 Å². The molecule has 0 spiro atoms. The van der Waals surface area contributed by atoms with E-state index in [4.69, 9.17) is 0 Å². The molecule has 0 aliphatic carbocycles. The lowest BCUT2D eigenvalue weighted by atomic mass is 10.0. The summed E-state index contributed by atoms with van der Waals surface area (Å²) in [6, 6.07) is 14.5. The molecule has 1 fully saturated rings. The number of rotatable bonds is 5. The van der Waals surface area contributed by atoms with Crippen molar-refractivity contribution in [3.63, 3.8) is 0 Å². The van der Waals surface area contributed by atoms with Crippen molar-refractivity contribution < 1.29 is 10.2 Å². The van der Waals surface area contributed by atoms with E-state index >= 15 is 0 Å². The molecule has 1 aromatic heterocycles. The minimum atomic E-state index is -0.521. The molecule has 0 radical (unpaired) electrons. The van der Waals surface area contributed by atoms with Crippen molar-refractivity contribution in [3.05, 3.63) is 64.8 Å². The molecule has 0 bridgehead atoms. The fourth-order valence-electron chi connectivity index (χ4n) is 4.51. The van der Waals surface area contributed by atoms with Crippen LogP contribution in [0.25, 0.3) is 16.6 Å². The van der Waals surface area contributed by atoms with E-state index in [2.05, 4.69) is 47.6 Å². The van der Waals surface area contributed by atoms with Crippen molar-refractivity contribution in [3.8, 4) is 5.69 Å². The number of aryl methyl sites for hydroxylation is 1. The summed E-state index contributed by atoms with van der Waals surface area (Å²) in [5.41, 5.74) is 6.30. The van der Waals surface area contributed by atoms with Gasteiger partial charge in [-0.15, -0.1) is 0 Å². The third-order valence-corrected chi connectivity index (χ3v) is 6.01. The monoisotopic (exact) mass is 378 g/mol. The van der Waals surface area contributed by atoms with Gasteiger partial charge in [0.2, 0.25) is 0 Å². The Hall–Kier alpha value is -2.14. The molecule has 2 aromatic carbocycles. The van der Waals surface area contributed by atoms with Crippen molar-refractivity contribution in [2.45, 2.75) is 45.8 Å². The molecule has 0 amide bonds. The third kappa shape index (κ3) is 3.60. The van der Waals surface area contributed by atoms with Crippen molar-refractivity contribution in [2.24, 2.45) is 0 Å². The molecule has 28 heavy (non-hydrogen) atoms. The lowest BCUT2D eigenvalue weighted by Crippen LogP contribution is -2.33. The smallest absolute Gasteiger partial charge is 0.0940 e. The van der Waals surface area contributed by atoms with Gasteiger partial charge in [-0.2, -0.15) is 0 Å². The van der Waals surface area contributed by atoms with Gasteiger partial charge >= 0.3 is 0 Å². The Morgan fingerprint density at radius 3 is 2.36 bits per heavy atom. The Labute approximate surface area is 167 Å². The minimum absolute atomic E-state index is 0.0136. The summed E-state index contributed by atoms with van der Waals surface area (Å²) in [7, 11) is 0. The van der Waals surface area contributed by atoms with Gasteiger partial charge in [0.05, 0.1) is 18.2 Å². The second kappa shape index (κ2) is 8.08. The number of likely N-dealkylation sites (tertiary alicyclic amines) is 1. The maximum Gasteiger partial charge on any atom is 0.0940 e. The van der Waals surface area contributed by atoms with Crippen LogP contribution in [-0.4, -0.2) is 39.3 Å². The number of hydrogen-bond acceptors (Lipinski definition) is 3. The molecule has 4 rings (SSSR count). The summed E-state index contributed by atoms with van der Waals surface area (Å²) in [6.07, 6.45) is 3.21. The van der Waals surface area contributed by atoms with E-state index in [1.54, 1.807) is 0 Å². The highest BCUT2D eigenvalue weighted by Gasteiger charge is 2.24. The number of piperidine rings is 1. The zero-order valence-corrected chi connectivity index (χ0v) is 16.9. The molecular formula is C24H30N2O2. The van der Waals surface area contributed by atoms with Crippen LogP contribution in [0.3, 0.4) is 0 Å². The number of benzene rings is 2. The maximum atomic E-state index is 11.2. The van der Waals surface area contributed by atoms with Crippen LogP contribution >= 0.6 is 0 Å². The second-order valence-corrected chi connectivity index (χ2v) is 8.06. The Bertz CT molecular complexity index is 953. The Morgan fingerprint density at radius 1 is 0.964 bits per heavy atom. The van der Waals surface area contributed by atoms with Gasteiger partial charge in [0.15, 0.2) is 0 Å². The first-order valence-electron chi connectivity index (χ1n) is 10.3. The summed E-state index contributed by atoms with van der Waals surface area (Å²) in [4.78, 5) is 2.38. The highest BCUT2D eigenvalue weighted by atomic mass is 16.3. The molecule has 0 saturated carbocycles. The van der Waals surface area contributed by atoms with Gasteiger partial charge in [-0.05, 0) is 63.5 Å². The molecule has 3 aromatic rings. The average Bonchev–Trinajstić information content (AvgIpc) is 3.00. The van der Waals surface area contributed by atoms with Gasteiger partial charge in [0, 0.05) is 28.9 Å². The highest BCUT2D eigenvalue weighted by molar-refractivity contribution is 5.88. The summed E-state index contributed by atoms with van der Waals surface area (Å²) >= 11 is 0. The number of aliphatic hydroxyl groups excluding tert-OH is 2. The van der Waals surface area contributed by atoms with Gasteiger partial charge in [-0.1, -0.05) is 36.2 Å². The number of aromatic nitrogens is 1. The van der Waals surface area contributed by atoms with Crippen LogP contribution < -0.4 is 0 Å². The molecule has 4 nitrogen and oxygen atoms in total. The van der Waals surface area contributed by atoms with E-state index in [9.17, 15) is 10.2 Å². The quantitative estimate of drug-likeness (QED) is 0.697. The van der Waals surface area contributed by atoms with Gasteiger partial charge in [-0.3, -0.25) is 0 Å². The first-order chi connectivity index (χ1) is 13.6. The molecule has 1 aliphatic rings. The maximum absolute atomic E-state index is 11.2. The van der Waals surface area contributed by atoms with Crippen LogP contribution in [0.2, 0.25) is 0 Å². The van der Waals surface area contributed by atoms with Crippen molar-refractivity contribution in [1.82, 2.24) is 9.47 Å². The summed E-state index contributed by atoms with van der Waals surface area (Å²) in [5.74, 6) is 0. The molecular weight excluding hydrogens is 348 g/mol. The fourth-order valence-corrected chi connectivity index (χ4v) is 4.51. The summed E-state index contributed by atoms with van der Waals surface area (Å²) in [5, 5.41) is 21.9. The molecule has 148 valence electrons. The minimum Gasteiger partial charge on any atom is -0.392 e. The molecule has 2 N–H and O–H groups in total. The molecule has 1 unspecified atom stereocenters. The molecule has 1 saturated heterocycles. The highest BCUT2D eigenvalue weighted by Crippen LogP contribution is 2.34. The van der Waals surface area contributed by atoms with Crippen LogP contribution in [0.5, 0.6) is 0 Å². The van der Waals surface area contributed by atoms with Crippen LogP contribution in [0.4, 0.5) is 0 Å². The van der Waals surface area contributed by atoms with Crippen LogP contribution in [0.1, 0.15) is 47.8 Å². The van der Waals surface area contributed by atoms with Gasteiger partial charge in [0.25, 0.3) is 0 Å². The lowest BCUT2D eigenvalue weighted by Gasteiger charge is -2.28. The number of β-amino-alcohol motifs (C(OH)–C–C–N with tert-alkyl or cyclic N) is 1. The summed E-state index contributed by atoms with van der Waals surface area (Å²) in [6.45, 7) is 7.01. The number of nitrogens with zero attached hydrogens (tertiary/aromatic N) is 2. The van der Waals surface area contributed by atoms with Crippen molar-refractivity contribution in [1.29, 1.82) is 0 Å². The predicted octanol–water partition coefficient (Wildman–Crippen LogP) is 4.26. The fraction of sp³-hybridized carbons (Fsp3) is 0.417. The van der Waals surface area contributed by atoms with Gasteiger partial charge in [0.1, 0.15) is 0 Å². The van der Waals surface area contributed by atoms with Crippen molar-refractivity contribution in [2.75, 3.05) is 19.6 Å². The van der Waals surface area contributed by atoms with E-state index in [0.717, 1.165) is 46.5 Å². The first kappa shape index (κ1) is 19.2. The molecule has 2 heterocycles. The van der Waals surface area contributed by atoms with Crippen LogP contribution in [-0.2, 0) is 6.61 Å².